The van der Waals surface area contributed by atoms with E-state index in [-0.39, 0.29) is 11.7 Å². The van der Waals surface area contributed by atoms with E-state index in [0.29, 0.717) is 29.1 Å². The van der Waals surface area contributed by atoms with Crippen molar-refractivity contribution in [3.05, 3.63) is 59.0 Å². The zero-order chi connectivity index (χ0) is 17.6. The fraction of sp³-hybridized carbons (Fsp3) is 0.235. The number of carbonyl (C=O) groups is 1. The standard InChI is InChI=1S/C17H16N4O3S/c1-11-4-6-21-16(20-11)14(10-19-21)17(22)18-9-12-2-3-15-13(8-12)5-7-25(15,23)24/h2-4,6,8,10H,5,7,9H2,1H3,(H,18,22). The van der Waals surface area contributed by atoms with E-state index in [1.807, 2.05) is 19.1 Å². The molecule has 0 unspecified atom stereocenters. The third-order valence-corrected chi connectivity index (χ3v) is 6.12. The second kappa shape index (κ2) is 5.66. The molecule has 3 aromatic rings. The highest BCUT2D eigenvalue weighted by molar-refractivity contribution is 7.91. The number of hydrogen-bond donors (Lipinski definition) is 1. The van der Waals surface area contributed by atoms with Gasteiger partial charge >= 0.3 is 0 Å². The van der Waals surface area contributed by atoms with Crippen LogP contribution in [-0.2, 0) is 22.8 Å². The number of hydrogen-bond acceptors (Lipinski definition) is 5. The molecule has 25 heavy (non-hydrogen) atoms. The van der Waals surface area contributed by atoms with E-state index < -0.39 is 9.84 Å². The largest absolute Gasteiger partial charge is 0.348 e. The lowest BCUT2D eigenvalue weighted by Crippen LogP contribution is -2.23. The van der Waals surface area contributed by atoms with Gasteiger partial charge in [-0.15, -0.1) is 0 Å². The van der Waals surface area contributed by atoms with Gasteiger partial charge in [0.25, 0.3) is 5.91 Å². The van der Waals surface area contributed by atoms with E-state index in [4.69, 9.17) is 0 Å². The minimum absolute atomic E-state index is 0.158. The van der Waals surface area contributed by atoms with Crippen LogP contribution in [0.1, 0.15) is 27.2 Å². The number of rotatable bonds is 3. The Kier molecular flexibility index (Phi) is 3.57. The van der Waals surface area contributed by atoms with Gasteiger partial charge in [0.1, 0.15) is 5.56 Å². The van der Waals surface area contributed by atoms with Gasteiger partial charge in [0.15, 0.2) is 15.5 Å². The summed E-state index contributed by atoms with van der Waals surface area (Å²) in [4.78, 5) is 17.2. The van der Waals surface area contributed by atoms with Crippen LogP contribution in [0.25, 0.3) is 5.65 Å². The van der Waals surface area contributed by atoms with Gasteiger partial charge in [-0.3, -0.25) is 4.79 Å². The number of fused-ring (bicyclic) bond motifs is 2. The number of nitrogens with one attached hydrogen (secondary N) is 1. The summed E-state index contributed by atoms with van der Waals surface area (Å²) in [6.07, 6.45) is 3.78. The summed E-state index contributed by atoms with van der Waals surface area (Å²) in [5.74, 6) is -0.104. The Labute approximate surface area is 144 Å². The molecular weight excluding hydrogens is 340 g/mol. The highest BCUT2D eigenvalue weighted by atomic mass is 32.2. The highest BCUT2D eigenvalue weighted by Crippen LogP contribution is 2.26. The molecule has 128 valence electrons. The lowest BCUT2D eigenvalue weighted by Gasteiger charge is -2.06. The molecule has 0 aliphatic carbocycles. The topological polar surface area (TPSA) is 93.4 Å². The lowest BCUT2D eigenvalue weighted by atomic mass is 10.1. The number of nitrogens with zero attached hydrogens (tertiary/aromatic N) is 3. The van der Waals surface area contributed by atoms with Crippen molar-refractivity contribution in [2.24, 2.45) is 0 Å². The molecule has 0 fully saturated rings. The van der Waals surface area contributed by atoms with Gasteiger partial charge in [-0.05, 0) is 36.6 Å². The zero-order valence-corrected chi connectivity index (χ0v) is 14.4. The fourth-order valence-electron chi connectivity index (χ4n) is 2.99. The first-order valence-corrected chi connectivity index (χ1v) is 9.53. The van der Waals surface area contributed by atoms with E-state index in [1.54, 1.807) is 22.8 Å². The van der Waals surface area contributed by atoms with Crippen molar-refractivity contribution >= 4 is 21.4 Å². The first kappa shape index (κ1) is 15.8. The van der Waals surface area contributed by atoms with Crippen LogP contribution >= 0.6 is 0 Å². The maximum absolute atomic E-state index is 12.4. The molecule has 1 aliphatic heterocycles. The molecule has 7 nitrogen and oxygen atoms in total. The second-order valence-electron chi connectivity index (χ2n) is 6.09. The van der Waals surface area contributed by atoms with Crippen LogP contribution < -0.4 is 5.32 Å². The summed E-state index contributed by atoms with van der Waals surface area (Å²) in [7, 11) is -3.12. The Morgan fingerprint density at radius 1 is 1.32 bits per heavy atom. The van der Waals surface area contributed by atoms with Crippen molar-refractivity contribution in [1.82, 2.24) is 19.9 Å². The number of aromatic nitrogens is 3. The molecule has 0 saturated carbocycles. The minimum atomic E-state index is -3.12. The van der Waals surface area contributed by atoms with E-state index in [0.717, 1.165) is 16.8 Å². The van der Waals surface area contributed by atoms with Crippen LogP contribution in [0.15, 0.2) is 41.6 Å². The van der Waals surface area contributed by atoms with E-state index in [2.05, 4.69) is 15.4 Å². The summed E-state index contributed by atoms with van der Waals surface area (Å²) in [6, 6.07) is 7.03. The quantitative estimate of drug-likeness (QED) is 0.763. The van der Waals surface area contributed by atoms with Gasteiger partial charge < -0.3 is 5.32 Å². The molecule has 1 amide bonds. The minimum Gasteiger partial charge on any atom is -0.348 e. The van der Waals surface area contributed by atoms with Crippen molar-refractivity contribution < 1.29 is 13.2 Å². The van der Waals surface area contributed by atoms with Gasteiger partial charge in [-0.2, -0.15) is 5.10 Å². The van der Waals surface area contributed by atoms with Gasteiger partial charge in [0.2, 0.25) is 0 Å². The molecular formula is C17H16N4O3S. The summed E-state index contributed by atoms with van der Waals surface area (Å²) in [6.45, 7) is 2.17. The lowest BCUT2D eigenvalue weighted by molar-refractivity contribution is 0.0952. The molecule has 0 radical (unpaired) electrons. The predicted molar refractivity (Wildman–Crippen MR) is 91.1 cm³/mol. The molecule has 0 saturated heterocycles. The Morgan fingerprint density at radius 2 is 2.16 bits per heavy atom. The zero-order valence-electron chi connectivity index (χ0n) is 13.6. The van der Waals surface area contributed by atoms with Crippen LogP contribution in [0.2, 0.25) is 0 Å². The Balaban J connectivity index is 1.53. The molecule has 1 N–H and O–H groups in total. The van der Waals surface area contributed by atoms with Gasteiger partial charge in [0.05, 0.1) is 16.8 Å². The Morgan fingerprint density at radius 3 is 3.00 bits per heavy atom. The normalized spacial score (nSPS) is 15.2. The molecule has 3 heterocycles. The highest BCUT2D eigenvalue weighted by Gasteiger charge is 2.26. The summed E-state index contributed by atoms with van der Waals surface area (Å²) in [5.41, 5.74) is 3.41. The smallest absolute Gasteiger partial charge is 0.257 e. The van der Waals surface area contributed by atoms with E-state index in [9.17, 15) is 13.2 Å². The van der Waals surface area contributed by atoms with E-state index in [1.165, 1.54) is 6.20 Å². The van der Waals surface area contributed by atoms with Crippen molar-refractivity contribution in [2.75, 3.05) is 5.75 Å². The maximum atomic E-state index is 12.4. The molecule has 0 atom stereocenters. The average molecular weight is 356 g/mol. The molecule has 2 aromatic heterocycles. The van der Waals surface area contributed by atoms with Crippen LogP contribution in [0.3, 0.4) is 0 Å². The number of carbonyl (C=O) groups excluding carboxylic acids is 1. The summed E-state index contributed by atoms with van der Waals surface area (Å²) < 4.78 is 25.3. The first-order chi connectivity index (χ1) is 11.9. The summed E-state index contributed by atoms with van der Waals surface area (Å²) >= 11 is 0. The number of sulfone groups is 1. The van der Waals surface area contributed by atoms with Crippen molar-refractivity contribution in [3.63, 3.8) is 0 Å². The number of amides is 1. The summed E-state index contributed by atoms with van der Waals surface area (Å²) in [5, 5.41) is 6.97. The van der Waals surface area contributed by atoms with Crippen molar-refractivity contribution in [3.8, 4) is 0 Å². The Bertz CT molecular complexity index is 1100. The average Bonchev–Trinajstić information content (AvgIpc) is 3.13. The molecule has 0 bridgehead atoms. The van der Waals surface area contributed by atoms with Gasteiger partial charge in [0, 0.05) is 18.4 Å². The van der Waals surface area contributed by atoms with E-state index >= 15 is 0 Å². The third kappa shape index (κ3) is 2.78. The Hall–Kier alpha value is -2.74. The molecule has 0 spiro atoms. The number of benzene rings is 1. The van der Waals surface area contributed by atoms with Gasteiger partial charge in [-0.1, -0.05) is 12.1 Å². The predicted octanol–water partition coefficient (Wildman–Crippen LogP) is 1.30. The molecule has 4 rings (SSSR count). The van der Waals surface area contributed by atoms with Crippen LogP contribution in [-0.4, -0.2) is 34.7 Å². The monoisotopic (exact) mass is 356 g/mol. The van der Waals surface area contributed by atoms with Crippen molar-refractivity contribution in [2.45, 2.75) is 24.8 Å². The third-order valence-electron chi connectivity index (χ3n) is 4.31. The number of aryl methyl sites for hydroxylation is 2. The molecule has 1 aromatic carbocycles. The van der Waals surface area contributed by atoms with Crippen LogP contribution in [0.4, 0.5) is 0 Å². The van der Waals surface area contributed by atoms with Crippen LogP contribution in [0.5, 0.6) is 0 Å². The molecule has 1 aliphatic rings. The van der Waals surface area contributed by atoms with Gasteiger partial charge in [-0.25, -0.2) is 17.9 Å². The maximum Gasteiger partial charge on any atom is 0.257 e. The van der Waals surface area contributed by atoms with Crippen LogP contribution in [0, 0.1) is 6.92 Å². The van der Waals surface area contributed by atoms with Crippen molar-refractivity contribution in [1.29, 1.82) is 0 Å². The SMILES string of the molecule is Cc1ccn2ncc(C(=O)NCc3ccc4c(c3)CCS4(=O)=O)c2n1. The first-order valence-electron chi connectivity index (χ1n) is 7.88. The second-order valence-corrected chi connectivity index (χ2v) is 8.17. The molecule has 8 heteroatoms. The fourth-order valence-corrected chi connectivity index (χ4v) is 4.54.